The van der Waals surface area contributed by atoms with Gasteiger partial charge in [-0.15, -0.1) is 22.7 Å². The lowest BCUT2D eigenvalue weighted by molar-refractivity contribution is -0.116. The fraction of sp³-hybridized carbons (Fsp3) is 0.267. The monoisotopic (exact) mass is 333 g/mol. The first-order valence-corrected chi connectivity index (χ1v) is 8.60. The van der Waals surface area contributed by atoms with E-state index in [1.165, 1.54) is 11.3 Å². The number of nitrogens with zero attached hydrogens (tertiary/aromatic N) is 2. The molecule has 0 saturated carbocycles. The maximum Gasteiger partial charge on any atom is 0.226 e. The molecule has 3 aromatic heterocycles. The maximum atomic E-state index is 12.0. The summed E-state index contributed by atoms with van der Waals surface area (Å²) in [6.07, 6.45) is 1.01. The number of carbonyl (C=O) groups excluding carboxylic acids is 1. The summed E-state index contributed by atoms with van der Waals surface area (Å²) in [6.45, 7) is 3.75. The zero-order valence-corrected chi connectivity index (χ0v) is 13.9. The van der Waals surface area contributed by atoms with Crippen LogP contribution >= 0.6 is 22.7 Å². The first-order chi connectivity index (χ1) is 10.6. The molecule has 0 unspecified atom stereocenters. The van der Waals surface area contributed by atoms with Gasteiger partial charge in [-0.05, 0) is 31.7 Å². The molecule has 0 saturated heterocycles. The summed E-state index contributed by atoms with van der Waals surface area (Å²) in [6, 6.07) is 4.00. The van der Waals surface area contributed by atoms with Gasteiger partial charge in [0.1, 0.15) is 5.76 Å². The number of thiophene rings is 1. The molecule has 3 aromatic rings. The van der Waals surface area contributed by atoms with Crippen LogP contribution in [0.1, 0.15) is 23.4 Å². The Balaban J connectivity index is 1.58. The van der Waals surface area contributed by atoms with Crippen molar-refractivity contribution in [3.8, 4) is 10.6 Å². The highest BCUT2D eigenvalue weighted by Crippen LogP contribution is 2.28. The Morgan fingerprint density at radius 1 is 1.36 bits per heavy atom. The van der Waals surface area contributed by atoms with Crippen LogP contribution in [-0.4, -0.2) is 16.0 Å². The van der Waals surface area contributed by atoms with Crippen LogP contribution in [0.15, 0.2) is 27.4 Å². The Morgan fingerprint density at radius 2 is 2.23 bits per heavy atom. The summed E-state index contributed by atoms with van der Waals surface area (Å²) in [4.78, 5) is 17.6. The lowest BCUT2D eigenvalue weighted by atomic mass is 10.1. The highest BCUT2D eigenvalue weighted by Gasteiger charge is 2.12. The topological polar surface area (TPSA) is 68.0 Å². The van der Waals surface area contributed by atoms with Crippen LogP contribution < -0.4 is 5.32 Å². The summed E-state index contributed by atoms with van der Waals surface area (Å²) in [5.74, 6) is 0.728. The van der Waals surface area contributed by atoms with Gasteiger partial charge in [-0.2, -0.15) is 0 Å². The molecule has 0 aliphatic carbocycles. The number of thiazole rings is 1. The highest BCUT2D eigenvalue weighted by atomic mass is 32.1. The number of hydrogen-bond acceptors (Lipinski definition) is 6. The summed E-state index contributed by atoms with van der Waals surface area (Å²) >= 11 is 3.07. The van der Waals surface area contributed by atoms with Crippen molar-refractivity contribution in [1.82, 2.24) is 10.1 Å². The molecule has 0 aromatic carbocycles. The van der Waals surface area contributed by atoms with Crippen molar-refractivity contribution in [2.45, 2.75) is 26.7 Å². The SMILES string of the molecule is Cc1noc(C)c1CCC(=O)Nc1nc(-c2cccs2)cs1. The largest absolute Gasteiger partial charge is 0.361 e. The average molecular weight is 333 g/mol. The van der Waals surface area contributed by atoms with Crippen molar-refractivity contribution in [1.29, 1.82) is 0 Å². The van der Waals surface area contributed by atoms with Crippen molar-refractivity contribution >= 4 is 33.7 Å². The van der Waals surface area contributed by atoms with E-state index in [2.05, 4.69) is 15.5 Å². The number of rotatable bonds is 5. The van der Waals surface area contributed by atoms with Gasteiger partial charge in [-0.25, -0.2) is 4.98 Å². The van der Waals surface area contributed by atoms with Crippen molar-refractivity contribution in [2.75, 3.05) is 5.32 Å². The van der Waals surface area contributed by atoms with E-state index in [4.69, 9.17) is 4.52 Å². The molecule has 0 atom stereocenters. The van der Waals surface area contributed by atoms with Gasteiger partial charge in [0.25, 0.3) is 0 Å². The molecule has 5 nitrogen and oxygen atoms in total. The molecule has 22 heavy (non-hydrogen) atoms. The second-order valence-corrected chi connectivity index (χ2v) is 6.67. The highest BCUT2D eigenvalue weighted by molar-refractivity contribution is 7.16. The average Bonchev–Trinajstić information content (AvgIpc) is 3.20. The van der Waals surface area contributed by atoms with Crippen molar-refractivity contribution in [2.24, 2.45) is 0 Å². The molecule has 7 heteroatoms. The molecule has 0 bridgehead atoms. The Bertz CT molecular complexity index is 755. The van der Waals surface area contributed by atoms with Gasteiger partial charge in [0, 0.05) is 17.4 Å². The van der Waals surface area contributed by atoms with Crippen LogP contribution in [0.3, 0.4) is 0 Å². The van der Waals surface area contributed by atoms with Crippen LogP contribution in [0.5, 0.6) is 0 Å². The number of aryl methyl sites for hydroxylation is 2. The zero-order chi connectivity index (χ0) is 15.5. The third-order valence-electron chi connectivity index (χ3n) is 3.31. The Kier molecular flexibility index (Phi) is 4.35. The summed E-state index contributed by atoms with van der Waals surface area (Å²) in [5.41, 5.74) is 2.76. The van der Waals surface area contributed by atoms with E-state index in [1.807, 2.05) is 36.7 Å². The fourth-order valence-corrected chi connectivity index (χ4v) is 3.64. The van der Waals surface area contributed by atoms with Crippen LogP contribution in [0.4, 0.5) is 5.13 Å². The Morgan fingerprint density at radius 3 is 2.91 bits per heavy atom. The van der Waals surface area contributed by atoms with E-state index in [-0.39, 0.29) is 5.91 Å². The normalized spacial score (nSPS) is 10.8. The van der Waals surface area contributed by atoms with Gasteiger partial charge < -0.3 is 9.84 Å². The van der Waals surface area contributed by atoms with Gasteiger partial charge in [-0.1, -0.05) is 11.2 Å². The molecule has 3 heterocycles. The van der Waals surface area contributed by atoms with E-state index in [0.717, 1.165) is 27.6 Å². The third-order valence-corrected chi connectivity index (χ3v) is 4.96. The van der Waals surface area contributed by atoms with Crippen molar-refractivity contribution in [3.63, 3.8) is 0 Å². The number of carbonyl (C=O) groups is 1. The summed E-state index contributed by atoms with van der Waals surface area (Å²) in [5, 5.41) is 11.3. The lowest BCUT2D eigenvalue weighted by Gasteiger charge is -2.01. The van der Waals surface area contributed by atoms with E-state index in [0.29, 0.717) is 18.0 Å². The molecular weight excluding hydrogens is 318 g/mol. The van der Waals surface area contributed by atoms with Crippen molar-refractivity contribution < 1.29 is 9.32 Å². The molecule has 1 N–H and O–H groups in total. The van der Waals surface area contributed by atoms with Gasteiger partial charge in [0.2, 0.25) is 5.91 Å². The second-order valence-electron chi connectivity index (χ2n) is 4.87. The number of amides is 1. The molecule has 0 aliphatic rings. The number of nitrogens with one attached hydrogen (secondary N) is 1. The molecule has 114 valence electrons. The minimum absolute atomic E-state index is 0.0490. The minimum Gasteiger partial charge on any atom is -0.361 e. The maximum absolute atomic E-state index is 12.0. The van der Waals surface area contributed by atoms with Gasteiger partial charge in [-0.3, -0.25) is 4.79 Å². The van der Waals surface area contributed by atoms with Crippen LogP contribution in [-0.2, 0) is 11.2 Å². The zero-order valence-electron chi connectivity index (χ0n) is 12.3. The number of hydrogen-bond donors (Lipinski definition) is 1. The smallest absolute Gasteiger partial charge is 0.226 e. The standard InChI is InChI=1S/C15H15N3O2S2/c1-9-11(10(2)20-18-9)5-6-14(19)17-15-16-12(8-22-15)13-4-3-7-21-13/h3-4,7-8H,5-6H2,1-2H3,(H,16,17,19). The van der Waals surface area contributed by atoms with Crippen LogP contribution in [0.25, 0.3) is 10.6 Å². The third kappa shape index (κ3) is 3.26. The Labute approximate surface area is 136 Å². The van der Waals surface area contributed by atoms with Gasteiger partial charge in [0.05, 0.1) is 16.3 Å². The predicted octanol–water partition coefficient (Wildman–Crippen LogP) is 4.05. The van der Waals surface area contributed by atoms with E-state index in [9.17, 15) is 4.79 Å². The number of aromatic nitrogens is 2. The molecule has 0 aliphatic heterocycles. The van der Waals surface area contributed by atoms with Gasteiger partial charge in [0.15, 0.2) is 5.13 Å². The molecule has 1 amide bonds. The summed E-state index contributed by atoms with van der Waals surface area (Å²) in [7, 11) is 0. The first kappa shape index (κ1) is 14.9. The fourth-order valence-electron chi connectivity index (χ4n) is 2.15. The van der Waals surface area contributed by atoms with Crippen molar-refractivity contribution in [3.05, 3.63) is 39.9 Å². The second kappa shape index (κ2) is 6.41. The Hall–Kier alpha value is -1.99. The van der Waals surface area contributed by atoms with Crippen LogP contribution in [0.2, 0.25) is 0 Å². The first-order valence-electron chi connectivity index (χ1n) is 6.84. The van der Waals surface area contributed by atoms with E-state index < -0.39 is 0 Å². The molecule has 3 rings (SSSR count). The van der Waals surface area contributed by atoms with E-state index >= 15 is 0 Å². The van der Waals surface area contributed by atoms with Gasteiger partial charge >= 0.3 is 0 Å². The molecular formula is C15H15N3O2S2. The predicted molar refractivity (Wildman–Crippen MR) is 88.4 cm³/mol. The minimum atomic E-state index is -0.0490. The molecule has 0 spiro atoms. The molecule has 0 fully saturated rings. The van der Waals surface area contributed by atoms with Crippen LogP contribution in [0, 0.1) is 13.8 Å². The quantitative estimate of drug-likeness (QED) is 0.765. The number of anilines is 1. The molecule has 0 radical (unpaired) electrons. The lowest BCUT2D eigenvalue weighted by Crippen LogP contribution is -2.12. The summed E-state index contributed by atoms with van der Waals surface area (Å²) < 4.78 is 5.10. The van der Waals surface area contributed by atoms with E-state index in [1.54, 1.807) is 11.3 Å².